The van der Waals surface area contributed by atoms with E-state index in [-0.39, 0.29) is 5.57 Å². The molecule has 0 atom stereocenters. The lowest BCUT2D eigenvalue weighted by Crippen LogP contribution is -2.52. The van der Waals surface area contributed by atoms with Crippen LogP contribution in [0.5, 0.6) is 5.75 Å². The number of carbonyl (C=O) groups is 3. The molecule has 7 heteroatoms. The van der Waals surface area contributed by atoms with Gasteiger partial charge in [0.05, 0.1) is 0 Å². The van der Waals surface area contributed by atoms with Crippen LogP contribution in [0.3, 0.4) is 0 Å². The molecule has 0 aromatic heterocycles. The van der Waals surface area contributed by atoms with E-state index in [4.69, 9.17) is 4.74 Å². The van der Waals surface area contributed by atoms with E-state index >= 15 is 0 Å². The maximum absolute atomic E-state index is 12.2. The molecule has 0 radical (unpaired) electrons. The molecular formula is C20H17IN2O4. The number of amides is 4. The second kappa shape index (κ2) is 7.91. The second-order valence-electron chi connectivity index (χ2n) is 6.05. The first-order valence-corrected chi connectivity index (χ1v) is 9.24. The van der Waals surface area contributed by atoms with Crippen molar-refractivity contribution < 1.29 is 19.1 Å². The zero-order valence-corrected chi connectivity index (χ0v) is 17.0. The standard InChI is InChI=1S/C20H17IN2O4/c1-22-18(24)17(19(25)23(2)20(22)26)11-13-5-9-16(10-6-13)27-12-14-3-7-15(21)8-4-14/h3-11H,12H2,1-2H3. The van der Waals surface area contributed by atoms with Crippen molar-refractivity contribution in [3.05, 3.63) is 68.8 Å². The number of urea groups is 1. The van der Waals surface area contributed by atoms with Gasteiger partial charge in [-0.1, -0.05) is 24.3 Å². The van der Waals surface area contributed by atoms with Gasteiger partial charge in [0.25, 0.3) is 11.8 Å². The molecule has 3 rings (SSSR count). The highest BCUT2D eigenvalue weighted by Crippen LogP contribution is 2.20. The van der Waals surface area contributed by atoms with Crippen molar-refractivity contribution in [3.8, 4) is 5.75 Å². The van der Waals surface area contributed by atoms with Gasteiger partial charge >= 0.3 is 6.03 Å². The third kappa shape index (κ3) is 4.19. The molecule has 1 heterocycles. The van der Waals surface area contributed by atoms with Crippen molar-refractivity contribution in [1.29, 1.82) is 0 Å². The Morgan fingerprint density at radius 1 is 0.889 bits per heavy atom. The summed E-state index contributed by atoms with van der Waals surface area (Å²) in [5.41, 5.74) is 1.69. The van der Waals surface area contributed by atoms with Gasteiger partial charge in [0.2, 0.25) is 0 Å². The Kier molecular flexibility index (Phi) is 5.59. The van der Waals surface area contributed by atoms with Crippen molar-refractivity contribution >= 4 is 46.5 Å². The Morgan fingerprint density at radius 3 is 2.00 bits per heavy atom. The van der Waals surface area contributed by atoms with Crippen LogP contribution in [0.25, 0.3) is 6.08 Å². The zero-order valence-electron chi connectivity index (χ0n) is 14.8. The molecule has 2 aromatic rings. The summed E-state index contributed by atoms with van der Waals surface area (Å²) in [5.74, 6) is -0.536. The molecule has 4 amide bonds. The molecule has 6 nitrogen and oxygen atoms in total. The van der Waals surface area contributed by atoms with Crippen molar-refractivity contribution in [2.24, 2.45) is 0 Å². The SMILES string of the molecule is CN1C(=O)C(=Cc2ccc(OCc3ccc(I)cc3)cc2)C(=O)N(C)C1=O. The van der Waals surface area contributed by atoms with Gasteiger partial charge in [-0.3, -0.25) is 19.4 Å². The molecule has 138 valence electrons. The molecule has 0 unspecified atom stereocenters. The van der Waals surface area contributed by atoms with Crippen LogP contribution in [-0.2, 0) is 16.2 Å². The lowest BCUT2D eigenvalue weighted by Gasteiger charge is -2.28. The minimum absolute atomic E-state index is 0.0489. The first-order chi connectivity index (χ1) is 12.9. The lowest BCUT2D eigenvalue weighted by molar-refractivity contribution is -0.134. The molecule has 0 N–H and O–H groups in total. The Morgan fingerprint density at radius 2 is 1.44 bits per heavy atom. The third-order valence-electron chi connectivity index (χ3n) is 4.15. The zero-order chi connectivity index (χ0) is 19.6. The average molecular weight is 476 g/mol. The van der Waals surface area contributed by atoms with Gasteiger partial charge in [-0.2, -0.15) is 0 Å². The largest absolute Gasteiger partial charge is 0.489 e. The predicted octanol–water partition coefficient (Wildman–Crippen LogP) is 3.30. The highest BCUT2D eigenvalue weighted by molar-refractivity contribution is 14.1. The van der Waals surface area contributed by atoms with E-state index in [1.807, 2.05) is 24.3 Å². The van der Waals surface area contributed by atoms with Crippen molar-refractivity contribution in [2.45, 2.75) is 6.61 Å². The minimum Gasteiger partial charge on any atom is -0.489 e. The van der Waals surface area contributed by atoms with Crippen LogP contribution >= 0.6 is 22.6 Å². The summed E-state index contributed by atoms with van der Waals surface area (Å²) >= 11 is 2.25. The summed E-state index contributed by atoms with van der Waals surface area (Å²) in [6, 6.07) is 14.5. The highest BCUT2D eigenvalue weighted by Gasteiger charge is 2.37. The van der Waals surface area contributed by atoms with Crippen molar-refractivity contribution in [3.63, 3.8) is 0 Å². The topological polar surface area (TPSA) is 66.9 Å². The molecule has 1 aliphatic heterocycles. The maximum Gasteiger partial charge on any atom is 0.333 e. The van der Waals surface area contributed by atoms with Gasteiger partial charge in [0.1, 0.15) is 17.9 Å². The first kappa shape index (κ1) is 19.1. The summed E-state index contributed by atoms with van der Waals surface area (Å²) in [6.45, 7) is 0.450. The molecule has 1 aliphatic rings. The fourth-order valence-electron chi connectivity index (χ4n) is 2.55. The van der Waals surface area contributed by atoms with Crippen LogP contribution in [0.15, 0.2) is 54.1 Å². The number of imide groups is 2. The molecule has 1 fully saturated rings. The van der Waals surface area contributed by atoms with Crippen LogP contribution in [0.1, 0.15) is 11.1 Å². The lowest BCUT2D eigenvalue weighted by atomic mass is 10.1. The van der Waals surface area contributed by atoms with Gasteiger partial charge in [-0.05, 0) is 64.1 Å². The van der Waals surface area contributed by atoms with E-state index in [9.17, 15) is 14.4 Å². The number of halogens is 1. The monoisotopic (exact) mass is 476 g/mol. The van der Waals surface area contributed by atoms with E-state index < -0.39 is 17.8 Å². The van der Waals surface area contributed by atoms with Crippen LogP contribution < -0.4 is 4.74 Å². The Bertz CT molecular complexity index is 894. The number of likely N-dealkylation sites (N-methyl/N-ethyl adjacent to an activating group) is 2. The van der Waals surface area contributed by atoms with Gasteiger partial charge in [-0.25, -0.2) is 4.79 Å². The first-order valence-electron chi connectivity index (χ1n) is 8.16. The van der Waals surface area contributed by atoms with Gasteiger partial charge in [0, 0.05) is 17.7 Å². The van der Waals surface area contributed by atoms with E-state index in [1.54, 1.807) is 24.3 Å². The smallest absolute Gasteiger partial charge is 0.333 e. The molecule has 0 saturated carbocycles. The maximum atomic E-state index is 12.2. The summed E-state index contributed by atoms with van der Waals surface area (Å²) in [6.07, 6.45) is 1.48. The summed E-state index contributed by atoms with van der Waals surface area (Å²) in [5, 5.41) is 0. The fourth-order valence-corrected chi connectivity index (χ4v) is 2.91. The number of ether oxygens (including phenoxy) is 1. The third-order valence-corrected chi connectivity index (χ3v) is 4.87. The summed E-state index contributed by atoms with van der Waals surface area (Å²) < 4.78 is 6.91. The number of carbonyl (C=O) groups excluding carboxylic acids is 3. The van der Waals surface area contributed by atoms with Crippen LogP contribution in [0.4, 0.5) is 4.79 Å². The van der Waals surface area contributed by atoms with Gasteiger partial charge in [-0.15, -0.1) is 0 Å². The Hall–Kier alpha value is -2.68. The minimum atomic E-state index is -0.638. The molecule has 0 bridgehead atoms. The van der Waals surface area contributed by atoms with Gasteiger partial charge in [0.15, 0.2) is 0 Å². The molecule has 2 aromatic carbocycles. The average Bonchev–Trinajstić information content (AvgIpc) is 2.69. The number of barbiturate groups is 1. The molecule has 27 heavy (non-hydrogen) atoms. The number of benzene rings is 2. The van der Waals surface area contributed by atoms with Gasteiger partial charge < -0.3 is 4.74 Å². The Labute approximate surface area is 170 Å². The van der Waals surface area contributed by atoms with Crippen LogP contribution in [0.2, 0.25) is 0 Å². The van der Waals surface area contributed by atoms with E-state index in [0.717, 1.165) is 15.4 Å². The number of rotatable bonds is 4. The second-order valence-corrected chi connectivity index (χ2v) is 7.30. The Balaban J connectivity index is 1.72. The van der Waals surface area contributed by atoms with Crippen LogP contribution in [-0.4, -0.2) is 41.7 Å². The number of hydrogen-bond acceptors (Lipinski definition) is 4. The number of nitrogens with zero attached hydrogens (tertiary/aromatic N) is 2. The molecular weight excluding hydrogens is 459 g/mol. The van der Waals surface area contributed by atoms with E-state index in [0.29, 0.717) is 17.9 Å². The predicted molar refractivity (Wildman–Crippen MR) is 109 cm³/mol. The summed E-state index contributed by atoms with van der Waals surface area (Å²) in [7, 11) is 2.70. The number of hydrogen-bond donors (Lipinski definition) is 0. The van der Waals surface area contributed by atoms with E-state index in [1.165, 1.54) is 23.7 Å². The van der Waals surface area contributed by atoms with E-state index in [2.05, 4.69) is 22.6 Å². The molecule has 1 saturated heterocycles. The molecule has 0 aliphatic carbocycles. The molecule has 0 spiro atoms. The highest BCUT2D eigenvalue weighted by atomic mass is 127. The fraction of sp³-hybridized carbons (Fsp3) is 0.150. The summed E-state index contributed by atoms with van der Waals surface area (Å²) in [4.78, 5) is 38.0. The van der Waals surface area contributed by atoms with Crippen molar-refractivity contribution in [1.82, 2.24) is 9.80 Å². The normalized spacial score (nSPS) is 14.6. The van der Waals surface area contributed by atoms with Crippen LogP contribution in [0, 0.1) is 3.57 Å². The quantitative estimate of drug-likeness (QED) is 0.386. The van der Waals surface area contributed by atoms with Crippen molar-refractivity contribution in [2.75, 3.05) is 14.1 Å².